The van der Waals surface area contributed by atoms with E-state index in [-0.39, 0.29) is 42.3 Å². The average molecular weight is 818 g/mol. The first-order chi connectivity index (χ1) is 29.1. The maximum atomic E-state index is 12.2. The highest BCUT2D eigenvalue weighted by atomic mass is 16.5. The number of ether oxygens (including phenoxy) is 4. The summed E-state index contributed by atoms with van der Waals surface area (Å²) in [6, 6.07) is 11.9. The zero-order valence-electron chi connectivity index (χ0n) is 35.7. The Morgan fingerprint density at radius 2 is 1.85 bits per heavy atom. The largest absolute Gasteiger partial charge is 0.508 e. The van der Waals surface area contributed by atoms with Gasteiger partial charge in [0.2, 0.25) is 0 Å². The molecule has 0 spiro atoms. The summed E-state index contributed by atoms with van der Waals surface area (Å²) in [4.78, 5) is 4.27. The zero-order chi connectivity index (χ0) is 42.1. The number of benzene rings is 3. The molecule has 9 atom stereocenters. The lowest BCUT2D eigenvalue weighted by Crippen LogP contribution is -2.39. The first kappa shape index (κ1) is 41.9. The van der Waals surface area contributed by atoms with Crippen LogP contribution in [0.5, 0.6) is 28.7 Å². The van der Waals surface area contributed by atoms with Gasteiger partial charge in [0.25, 0.3) is 0 Å². The second-order valence-electron chi connectivity index (χ2n) is 18.2. The van der Waals surface area contributed by atoms with Gasteiger partial charge in [-0.25, -0.2) is 0 Å². The van der Waals surface area contributed by atoms with Crippen LogP contribution >= 0.6 is 0 Å². The standard InChI is InChI=1S/C50H63N3O7/c1-5-29-21-33(12-11-30(29)16-18-54)37-22-35-24-40(55)36(20-28(2)3)23-38(35)47-45(57-4)27-43-39(46(37)47)26-41(56)49(59-43)34-13-14-42-44(25-34)60-48-31(10-7-19-58-42)8-6-9-32(48)15-17-53-50(51)52/h11-14,23-25,27-33,37,41,48-49,54-56H,5-6,8-10,15-18,20-22,26H2,1-4H3,(H4,51,52,53)/t29-,30-,31+,32+,33+,37+,41-,48+,49+/m1/s1. The number of methoxy groups -OCH3 is 1. The van der Waals surface area contributed by atoms with Crippen LogP contribution in [-0.2, 0) is 19.3 Å². The van der Waals surface area contributed by atoms with Gasteiger partial charge in [0.15, 0.2) is 17.5 Å². The van der Waals surface area contributed by atoms with Crippen molar-refractivity contribution in [2.75, 3.05) is 20.3 Å². The van der Waals surface area contributed by atoms with Crippen molar-refractivity contribution < 1.29 is 34.3 Å². The maximum Gasteiger partial charge on any atom is 0.185 e. The summed E-state index contributed by atoms with van der Waals surface area (Å²) in [6.45, 7) is 7.29. The molecule has 3 aliphatic carbocycles. The number of aliphatic hydroxyl groups is 2. The number of allylic oxidation sites excluding steroid dienone is 2. The summed E-state index contributed by atoms with van der Waals surface area (Å²) in [5, 5.41) is 33.4. The molecular formula is C50H63N3O7. The van der Waals surface area contributed by atoms with E-state index in [0.29, 0.717) is 60.1 Å². The lowest BCUT2D eigenvalue weighted by molar-refractivity contribution is 0.0188. The molecule has 320 valence electrons. The number of hydrogen-bond acceptors (Lipinski definition) is 8. The average Bonchev–Trinajstić information content (AvgIpc) is 3.32. The second-order valence-corrected chi connectivity index (χ2v) is 18.2. The van der Waals surface area contributed by atoms with Gasteiger partial charge in [0.1, 0.15) is 35.6 Å². The van der Waals surface area contributed by atoms with Gasteiger partial charge in [-0.1, -0.05) is 57.8 Å². The molecule has 0 saturated heterocycles. The van der Waals surface area contributed by atoms with Crippen LogP contribution in [0.3, 0.4) is 0 Å². The molecule has 0 aromatic heterocycles. The number of aliphatic hydroxyl groups excluding tert-OH is 2. The Morgan fingerprint density at radius 3 is 2.62 bits per heavy atom. The number of nitrogens with two attached hydrogens (primary N) is 2. The fourth-order valence-corrected chi connectivity index (χ4v) is 11.1. The van der Waals surface area contributed by atoms with Crippen molar-refractivity contribution in [3.63, 3.8) is 0 Å². The molecule has 3 aromatic rings. The molecule has 1 fully saturated rings. The highest BCUT2D eigenvalue weighted by molar-refractivity contribution is 5.84. The zero-order valence-corrected chi connectivity index (χ0v) is 35.7. The lowest BCUT2D eigenvalue weighted by Gasteiger charge is -2.42. The fourth-order valence-electron chi connectivity index (χ4n) is 11.1. The highest BCUT2D eigenvalue weighted by Crippen LogP contribution is 2.56. The van der Waals surface area contributed by atoms with Crippen LogP contribution < -0.4 is 30.4 Å². The number of phenolic OH excluding ortho intramolecular Hbond substituents is 1. The van der Waals surface area contributed by atoms with E-state index in [1.54, 1.807) is 7.11 Å². The summed E-state index contributed by atoms with van der Waals surface area (Å²) in [5.41, 5.74) is 18.4. The number of hydrogen-bond donors (Lipinski definition) is 5. The Bertz CT molecular complexity index is 2170. The quantitative estimate of drug-likeness (QED) is 0.0557. The molecule has 2 heterocycles. The van der Waals surface area contributed by atoms with Crippen molar-refractivity contribution in [2.24, 2.45) is 52.0 Å². The van der Waals surface area contributed by atoms with Crippen molar-refractivity contribution >= 4 is 5.96 Å². The van der Waals surface area contributed by atoms with E-state index < -0.39 is 12.2 Å². The van der Waals surface area contributed by atoms with Crippen molar-refractivity contribution in [1.82, 2.24) is 0 Å². The van der Waals surface area contributed by atoms with E-state index in [4.69, 9.17) is 30.4 Å². The molecule has 0 bridgehead atoms. The van der Waals surface area contributed by atoms with Gasteiger partial charge < -0.3 is 45.7 Å². The topological polar surface area (TPSA) is 162 Å². The molecule has 0 radical (unpaired) electrons. The second kappa shape index (κ2) is 18.0. The van der Waals surface area contributed by atoms with Gasteiger partial charge in [0, 0.05) is 49.1 Å². The van der Waals surface area contributed by atoms with Crippen molar-refractivity contribution in [1.29, 1.82) is 0 Å². The normalized spacial score (nSPS) is 27.6. The predicted octanol–water partition coefficient (Wildman–Crippen LogP) is 8.11. The third-order valence-corrected chi connectivity index (χ3v) is 14.0. The molecule has 10 heteroatoms. The maximum absolute atomic E-state index is 12.2. The van der Waals surface area contributed by atoms with Crippen LogP contribution in [0.1, 0.15) is 112 Å². The molecule has 1 saturated carbocycles. The van der Waals surface area contributed by atoms with Crippen molar-refractivity contribution in [2.45, 2.75) is 116 Å². The first-order valence-corrected chi connectivity index (χ1v) is 22.3. The van der Waals surface area contributed by atoms with E-state index in [1.165, 1.54) is 5.56 Å². The molecular weight excluding hydrogens is 755 g/mol. The number of aliphatic imine (C=N–C) groups is 1. The first-order valence-electron chi connectivity index (χ1n) is 22.3. The summed E-state index contributed by atoms with van der Waals surface area (Å²) < 4.78 is 26.1. The van der Waals surface area contributed by atoms with Gasteiger partial charge in [-0.15, -0.1) is 0 Å². The Morgan fingerprint density at radius 1 is 1.00 bits per heavy atom. The minimum Gasteiger partial charge on any atom is -0.508 e. The van der Waals surface area contributed by atoms with E-state index in [9.17, 15) is 15.3 Å². The number of nitrogens with zero attached hydrogens (tertiary/aromatic N) is 1. The van der Waals surface area contributed by atoms with Gasteiger partial charge >= 0.3 is 0 Å². The minimum atomic E-state index is -0.850. The van der Waals surface area contributed by atoms with E-state index in [2.05, 4.69) is 56.0 Å². The molecule has 3 aromatic carbocycles. The van der Waals surface area contributed by atoms with Gasteiger partial charge in [-0.2, -0.15) is 0 Å². The Balaban J connectivity index is 1.18. The molecule has 0 unspecified atom stereocenters. The Kier molecular flexibility index (Phi) is 12.6. The molecule has 0 amide bonds. The van der Waals surface area contributed by atoms with Crippen LogP contribution in [0.4, 0.5) is 0 Å². The number of fused-ring (bicyclic) bond motifs is 7. The third kappa shape index (κ3) is 8.40. The van der Waals surface area contributed by atoms with Crippen molar-refractivity contribution in [3.05, 3.63) is 76.4 Å². The van der Waals surface area contributed by atoms with E-state index in [1.807, 2.05) is 30.3 Å². The van der Waals surface area contributed by atoms with Crippen LogP contribution in [0.25, 0.3) is 11.1 Å². The Hall–Kier alpha value is -4.85. The number of guanidine groups is 1. The lowest BCUT2D eigenvalue weighted by atomic mass is 9.65. The number of phenols is 1. The van der Waals surface area contributed by atoms with Gasteiger partial charge in [0.05, 0.1) is 13.2 Å². The van der Waals surface area contributed by atoms with E-state index >= 15 is 0 Å². The number of rotatable bonds is 11. The molecule has 5 aliphatic rings. The molecule has 2 aliphatic heterocycles. The van der Waals surface area contributed by atoms with Crippen molar-refractivity contribution in [3.8, 4) is 51.9 Å². The van der Waals surface area contributed by atoms with Crippen LogP contribution in [0, 0.1) is 47.5 Å². The summed E-state index contributed by atoms with van der Waals surface area (Å²) in [7, 11) is 1.71. The summed E-state index contributed by atoms with van der Waals surface area (Å²) in [6.07, 6.45) is 15.3. The fraction of sp³-hybridized carbons (Fsp3) is 0.540. The monoisotopic (exact) mass is 817 g/mol. The Labute approximate surface area is 355 Å². The number of aromatic hydroxyl groups is 1. The SMILES string of the molecule is CC[C@@H]1C[C@@H]([C@@H]2Cc3cc(O)c(CC(C)C)cc3-c3c(OC)cc4c(c32)C[C@@H](O)[C@H](c2ccc3c(c2)O[C@@H]2[C@H](CCN=C(N)N)CCC[C@H]2CC#CO3)O4)C=C[C@@H]1CCO. The highest BCUT2D eigenvalue weighted by Gasteiger charge is 2.42. The molecule has 7 N–H and O–H groups in total. The van der Waals surface area contributed by atoms with Crippen LogP contribution in [0.15, 0.2) is 53.5 Å². The molecule has 60 heavy (non-hydrogen) atoms. The van der Waals surface area contributed by atoms with Crippen LogP contribution in [0.2, 0.25) is 0 Å². The third-order valence-electron chi connectivity index (χ3n) is 14.0. The molecule has 8 rings (SSSR count). The van der Waals surface area contributed by atoms with Gasteiger partial charge in [-0.05, 0) is 133 Å². The van der Waals surface area contributed by atoms with E-state index in [0.717, 1.165) is 96.9 Å². The van der Waals surface area contributed by atoms with Gasteiger partial charge in [-0.3, -0.25) is 4.99 Å². The summed E-state index contributed by atoms with van der Waals surface area (Å²) >= 11 is 0. The predicted molar refractivity (Wildman–Crippen MR) is 234 cm³/mol. The molecule has 10 nitrogen and oxygen atoms in total. The summed E-state index contributed by atoms with van der Waals surface area (Å²) in [5.74, 6) is 8.15. The van der Waals surface area contributed by atoms with Crippen LogP contribution in [-0.4, -0.2) is 53.7 Å². The minimum absolute atomic E-state index is 0.0646. The smallest absolute Gasteiger partial charge is 0.185 e.